The fourth-order valence-electron chi connectivity index (χ4n) is 2.47. The van der Waals surface area contributed by atoms with E-state index in [0.717, 1.165) is 10.7 Å². The summed E-state index contributed by atoms with van der Waals surface area (Å²) in [6.07, 6.45) is 0.583. The second-order valence-electron chi connectivity index (χ2n) is 5.48. The van der Waals surface area contributed by atoms with Gasteiger partial charge >= 0.3 is 0 Å². The van der Waals surface area contributed by atoms with Crippen molar-refractivity contribution in [2.75, 3.05) is 6.54 Å². The van der Waals surface area contributed by atoms with E-state index in [4.69, 9.17) is 4.42 Å². The van der Waals surface area contributed by atoms with E-state index < -0.39 is 0 Å². The third-order valence-corrected chi connectivity index (χ3v) is 4.99. The van der Waals surface area contributed by atoms with E-state index in [1.165, 1.54) is 23.5 Å². The van der Waals surface area contributed by atoms with E-state index in [9.17, 15) is 9.18 Å². The zero-order chi connectivity index (χ0) is 18.1. The molecule has 1 aromatic carbocycles. The largest absolute Gasteiger partial charge is 0.444 e. The SMILES string of the molecule is O=C(NCCc1csc2nc(-c3cccc(F)c3)nn12)c1ccc(Br)o1. The van der Waals surface area contributed by atoms with Crippen molar-refractivity contribution in [3.8, 4) is 11.4 Å². The fraction of sp³-hybridized carbons (Fsp3) is 0.118. The molecule has 0 saturated carbocycles. The van der Waals surface area contributed by atoms with Crippen LogP contribution in [0.1, 0.15) is 16.2 Å². The molecule has 6 nitrogen and oxygen atoms in total. The minimum Gasteiger partial charge on any atom is -0.444 e. The summed E-state index contributed by atoms with van der Waals surface area (Å²) < 4.78 is 20.8. The van der Waals surface area contributed by atoms with Crippen molar-refractivity contribution in [2.24, 2.45) is 0 Å². The first-order valence-corrected chi connectivity index (χ1v) is 9.40. The lowest BCUT2D eigenvalue weighted by atomic mass is 10.2. The maximum absolute atomic E-state index is 13.4. The number of amides is 1. The van der Waals surface area contributed by atoms with Crippen LogP contribution in [-0.2, 0) is 6.42 Å². The number of thiazole rings is 1. The molecule has 0 bridgehead atoms. The summed E-state index contributed by atoms with van der Waals surface area (Å²) in [5.74, 6) is 0.123. The van der Waals surface area contributed by atoms with Crippen LogP contribution in [0.3, 0.4) is 0 Å². The van der Waals surface area contributed by atoms with Gasteiger partial charge in [-0.2, -0.15) is 4.98 Å². The molecule has 0 atom stereocenters. The number of nitrogens with one attached hydrogen (secondary N) is 1. The van der Waals surface area contributed by atoms with Crippen molar-refractivity contribution in [2.45, 2.75) is 6.42 Å². The third kappa shape index (κ3) is 3.40. The molecule has 0 spiro atoms. The van der Waals surface area contributed by atoms with Crippen molar-refractivity contribution >= 4 is 38.1 Å². The van der Waals surface area contributed by atoms with Crippen LogP contribution in [0, 0.1) is 5.82 Å². The van der Waals surface area contributed by atoms with Gasteiger partial charge in [0.05, 0.1) is 5.69 Å². The third-order valence-electron chi connectivity index (χ3n) is 3.70. The molecule has 0 aliphatic rings. The minimum atomic E-state index is -0.326. The van der Waals surface area contributed by atoms with E-state index in [0.29, 0.717) is 29.0 Å². The molecule has 3 heterocycles. The van der Waals surface area contributed by atoms with Crippen LogP contribution in [0.25, 0.3) is 16.3 Å². The predicted octanol–water partition coefficient (Wildman–Crippen LogP) is 3.92. The van der Waals surface area contributed by atoms with Gasteiger partial charge in [0, 0.05) is 23.9 Å². The van der Waals surface area contributed by atoms with Crippen LogP contribution in [0.15, 0.2) is 50.9 Å². The summed E-state index contributed by atoms with van der Waals surface area (Å²) in [4.78, 5) is 17.1. The number of carbonyl (C=O) groups excluding carboxylic acids is 1. The Morgan fingerprint density at radius 3 is 3.00 bits per heavy atom. The average Bonchev–Trinajstić information content (AvgIpc) is 3.31. The van der Waals surface area contributed by atoms with Crippen LogP contribution in [0.2, 0.25) is 0 Å². The molecule has 4 aromatic rings. The highest BCUT2D eigenvalue weighted by Gasteiger charge is 2.13. The van der Waals surface area contributed by atoms with Gasteiger partial charge in [-0.1, -0.05) is 12.1 Å². The van der Waals surface area contributed by atoms with Gasteiger partial charge in [0.25, 0.3) is 5.91 Å². The Morgan fingerprint density at radius 2 is 2.23 bits per heavy atom. The first-order valence-electron chi connectivity index (χ1n) is 7.73. The van der Waals surface area contributed by atoms with E-state index in [1.807, 2.05) is 5.38 Å². The molecule has 0 saturated heterocycles. The molecule has 0 unspecified atom stereocenters. The topological polar surface area (TPSA) is 72.4 Å². The van der Waals surface area contributed by atoms with Gasteiger partial charge in [0.1, 0.15) is 5.82 Å². The number of benzene rings is 1. The molecule has 1 N–H and O–H groups in total. The summed E-state index contributed by atoms with van der Waals surface area (Å²) in [7, 11) is 0. The smallest absolute Gasteiger partial charge is 0.287 e. The number of hydrogen-bond acceptors (Lipinski definition) is 5. The summed E-state index contributed by atoms with van der Waals surface area (Å²) in [5, 5.41) is 9.20. The minimum absolute atomic E-state index is 0.251. The van der Waals surface area contributed by atoms with Crippen LogP contribution < -0.4 is 5.32 Å². The number of halogens is 2. The Kier molecular flexibility index (Phi) is 4.56. The van der Waals surface area contributed by atoms with Crippen molar-refractivity contribution in [3.63, 3.8) is 0 Å². The predicted molar refractivity (Wildman–Crippen MR) is 98.7 cm³/mol. The van der Waals surface area contributed by atoms with Crippen molar-refractivity contribution in [1.82, 2.24) is 19.9 Å². The molecule has 1 amide bonds. The van der Waals surface area contributed by atoms with Crippen LogP contribution >= 0.6 is 27.3 Å². The maximum Gasteiger partial charge on any atom is 0.287 e. The number of fused-ring (bicyclic) bond motifs is 1. The molecule has 0 aliphatic heterocycles. The summed E-state index contributed by atoms with van der Waals surface area (Å²) in [6, 6.07) is 9.45. The number of furan rings is 1. The number of aromatic nitrogens is 3. The normalized spacial score (nSPS) is 11.2. The van der Waals surface area contributed by atoms with Gasteiger partial charge in [-0.05, 0) is 40.2 Å². The Labute approximate surface area is 159 Å². The molecule has 132 valence electrons. The Balaban J connectivity index is 1.46. The first kappa shape index (κ1) is 16.9. The lowest BCUT2D eigenvalue weighted by molar-refractivity contribution is 0.0925. The molecule has 26 heavy (non-hydrogen) atoms. The second-order valence-corrected chi connectivity index (χ2v) is 7.09. The van der Waals surface area contributed by atoms with Gasteiger partial charge < -0.3 is 9.73 Å². The number of rotatable bonds is 5. The van der Waals surface area contributed by atoms with E-state index in [-0.39, 0.29) is 17.5 Å². The molecule has 9 heteroatoms. The zero-order valence-electron chi connectivity index (χ0n) is 13.3. The highest BCUT2D eigenvalue weighted by Crippen LogP contribution is 2.21. The number of carbonyl (C=O) groups is 1. The quantitative estimate of drug-likeness (QED) is 0.516. The number of hydrogen-bond donors (Lipinski definition) is 1. The van der Waals surface area contributed by atoms with Crippen LogP contribution in [0.5, 0.6) is 0 Å². The average molecular weight is 435 g/mol. The van der Waals surface area contributed by atoms with Gasteiger partial charge in [-0.3, -0.25) is 4.79 Å². The fourth-order valence-corrected chi connectivity index (χ4v) is 3.64. The van der Waals surface area contributed by atoms with Crippen molar-refractivity contribution in [1.29, 1.82) is 0 Å². The summed E-state index contributed by atoms with van der Waals surface area (Å²) >= 11 is 4.62. The maximum atomic E-state index is 13.4. The molecular formula is C17H12BrFN4O2S. The Morgan fingerprint density at radius 1 is 1.35 bits per heavy atom. The first-order chi connectivity index (χ1) is 12.6. The Hall–Kier alpha value is -2.52. The number of nitrogens with zero attached hydrogens (tertiary/aromatic N) is 3. The lowest BCUT2D eigenvalue weighted by Gasteiger charge is -2.02. The zero-order valence-corrected chi connectivity index (χ0v) is 15.7. The molecule has 3 aromatic heterocycles. The van der Waals surface area contributed by atoms with Crippen LogP contribution in [-0.4, -0.2) is 27.0 Å². The van der Waals surface area contributed by atoms with Gasteiger partial charge in [-0.15, -0.1) is 16.4 Å². The van der Waals surface area contributed by atoms with E-state index >= 15 is 0 Å². The van der Waals surface area contributed by atoms with Crippen molar-refractivity contribution in [3.05, 3.63) is 63.7 Å². The van der Waals surface area contributed by atoms with Gasteiger partial charge in [0.2, 0.25) is 4.96 Å². The highest BCUT2D eigenvalue weighted by atomic mass is 79.9. The van der Waals surface area contributed by atoms with Gasteiger partial charge in [0.15, 0.2) is 16.3 Å². The van der Waals surface area contributed by atoms with Crippen LogP contribution in [0.4, 0.5) is 4.39 Å². The lowest BCUT2D eigenvalue weighted by Crippen LogP contribution is -2.25. The van der Waals surface area contributed by atoms with Crippen molar-refractivity contribution < 1.29 is 13.6 Å². The second kappa shape index (κ2) is 7.00. The molecular weight excluding hydrogens is 423 g/mol. The van der Waals surface area contributed by atoms with E-state index in [1.54, 1.807) is 28.8 Å². The van der Waals surface area contributed by atoms with Gasteiger partial charge in [-0.25, -0.2) is 8.91 Å². The Bertz CT molecular complexity index is 1090. The molecule has 4 rings (SSSR count). The molecule has 0 aliphatic carbocycles. The summed E-state index contributed by atoms with van der Waals surface area (Å²) in [6.45, 7) is 0.429. The molecule has 0 fully saturated rings. The van der Waals surface area contributed by atoms with E-state index in [2.05, 4.69) is 31.3 Å². The highest BCUT2D eigenvalue weighted by molar-refractivity contribution is 9.10. The molecule has 0 radical (unpaired) electrons. The monoisotopic (exact) mass is 434 g/mol. The standard InChI is InChI=1S/C17H12BrFN4O2S/c18-14-5-4-13(25-14)16(24)20-7-6-12-9-26-17-21-15(22-23(12)17)10-2-1-3-11(19)8-10/h1-5,8-9H,6-7H2,(H,20,24). The summed E-state index contributed by atoms with van der Waals surface area (Å²) in [5.41, 5.74) is 1.55.